The predicted octanol–water partition coefficient (Wildman–Crippen LogP) is 2.96. The molecule has 2 nitrogen and oxygen atoms in total. The van der Waals surface area contributed by atoms with Gasteiger partial charge in [-0.1, -0.05) is 13.8 Å². The molecule has 0 fully saturated rings. The largest absolute Gasteiger partial charge is 0.418 e. The van der Waals surface area contributed by atoms with Gasteiger partial charge in [0.25, 0.3) is 0 Å². The minimum absolute atomic E-state index is 0.665. The third-order valence-electron chi connectivity index (χ3n) is 2.76. The molecule has 0 aromatic heterocycles. The Morgan fingerprint density at radius 3 is 2.00 bits per heavy atom. The number of nitrogens with zero attached hydrogens (tertiary/aromatic N) is 1. The third-order valence-corrected chi connectivity index (χ3v) is 5.40. The van der Waals surface area contributed by atoms with Crippen LogP contribution in [-0.4, -0.2) is 39.0 Å². The third kappa shape index (κ3) is 5.13. The monoisotopic (exact) mass is 217 g/mol. The fraction of sp³-hybridized carbons (Fsp3) is 1.00. The van der Waals surface area contributed by atoms with Gasteiger partial charge in [0, 0.05) is 12.6 Å². The first-order valence-electron chi connectivity index (χ1n) is 5.84. The number of hydrogen-bond acceptors (Lipinski definition) is 2. The van der Waals surface area contributed by atoms with Crippen molar-refractivity contribution in [2.24, 2.45) is 0 Å². The van der Waals surface area contributed by atoms with Gasteiger partial charge in [0.1, 0.15) is 0 Å². The van der Waals surface area contributed by atoms with E-state index in [2.05, 4.69) is 45.7 Å². The standard InChI is InChI=1S/C11H27NOSi/c1-7-12(8-2)11(4)10-14(5,6)13-9-3/h11H,7-10H2,1-6H3. The lowest BCUT2D eigenvalue weighted by atomic mass is 10.3. The Balaban J connectivity index is 4.07. The smallest absolute Gasteiger partial charge is 0.188 e. The van der Waals surface area contributed by atoms with Crippen molar-refractivity contribution < 1.29 is 4.43 Å². The Hall–Kier alpha value is 0.137. The van der Waals surface area contributed by atoms with Crippen LogP contribution in [0.2, 0.25) is 19.1 Å². The van der Waals surface area contributed by atoms with Gasteiger partial charge in [-0.3, -0.25) is 0 Å². The molecule has 86 valence electrons. The van der Waals surface area contributed by atoms with E-state index < -0.39 is 8.32 Å². The fourth-order valence-electron chi connectivity index (χ4n) is 2.14. The Bertz CT molecular complexity index is 146. The van der Waals surface area contributed by atoms with E-state index in [1.165, 1.54) is 6.04 Å². The average Bonchev–Trinajstić information content (AvgIpc) is 2.04. The summed E-state index contributed by atoms with van der Waals surface area (Å²) >= 11 is 0. The maximum absolute atomic E-state index is 5.85. The van der Waals surface area contributed by atoms with Crippen LogP contribution in [0, 0.1) is 0 Å². The van der Waals surface area contributed by atoms with Crippen molar-refractivity contribution in [1.82, 2.24) is 4.90 Å². The molecule has 1 unspecified atom stereocenters. The van der Waals surface area contributed by atoms with E-state index in [1.807, 2.05) is 0 Å². The van der Waals surface area contributed by atoms with Gasteiger partial charge in [-0.15, -0.1) is 0 Å². The van der Waals surface area contributed by atoms with E-state index >= 15 is 0 Å². The van der Waals surface area contributed by atoms with Gasteiger partial charge in [-0.25, -0.2) is 0 Å². The SMILES string of the molecule is CCO[Si](C)(C)CC(C)N(CC)CC. The van der Waals surface area contributed by atoms with Crippen LogP contribution in [0.3, 0.4) is 0 Å². The highest BCUT2D eigenvalue weighted by Gasteiger charge is 2.26. The first kappa shape index (κ1) is 14.1. The molecule has 0 aromatic rings. The van der Waals surface area contributed by atoms with Gasteiger partial charge in [0.2, 0.25) is 0 Å². The van der Waals surface area contributed by atoms with Crippen LogP contribution in [0.5, 0.6) is 0 Å². The molecule has 0 aliphatic rings. The van der Waals surface area contributed by atoms with Crippen molar-refractivity contribution >= 4 is 8.32 Å². The molecule has 3 heteroatoms. The number of hydrogen-bond donors (Lipinski definition) is 0. The van der Waals surface area contributed by atoms with E-state index in [9.17, 15) is 0 Å². The second-order valence-corrected chi connectivity index (χ2v) is 8.68. The summed E-state index contributed by atoms with van der Waals surface area (Å²) in [5, 5.41) is 0. The molecule has 0 aromatic carbocycles. The first-order chi connectivity index (χ1) is 6.46. The van der Waals surface area contributed by atoms with Gasteiger partial charge in [0.15, 0.2) is 8.32 Å². The summed E-state index contributed by atoms with van der Waals surface area (Å²) in [5.74, 6) is 0. The van der Waals surface area contributed by atoms with Crippen molar-refractivity contribution in [3.63, 3.8) is 0 Å². The lowest BCUT2D eigenvalue weighted by molar-refractivity contribution is 0.234. The highest BCUT2D eigenvalue weighted by atomic mass is 28.4. The van der Waals surface area contributed by atoms with Crippen molar-refractivity contribution in [1.29, 1.82) is 0 Å². The second-order valence-electron chi connectivity index (χ2n) is 4.47. The molecule has 0 spiro atoms. The molecule has 0 bridgehead atoms. The lowest BCUT2D eigenvalue weighted by Crippen LogP contribution is -2.41. The molecule has 1 atom stereocenters. The lowest BCUT2D eigenvalue weighted by Gasteiger charge is -2.32. The van der Waals surface area contributed by atoms with Crippen LogP contribution in [0.4, 0.5) is 0 Å². The Morgan fingerprint density at radius 1 is 1.14 bits per heavy atom. The maximum Gasteiger partial charge on any atom is 0.188 e. The molecule has 0 saturated carbocycles. The zero-order valence-corrected chi connectivity index (χ0v) is 11.8. The Morgan fingerprint density at radius 2 is 1.64 bits per heavy atom. The van der Waals surface area contributed by atoms with E-state index in [1.54, 1.807) is 0 Å². The summed E-state index contributed by atoms with van der Waals surface area (Å²) in [6, 6.07) is 1.90. The molecule has 0 heterocycles. The van der Waals surface area contributed by atoms with E-state index in [0.29, 0.717) is 6.04 Å². The highest BCUT2D eigenvalue weighted by molar-refractivity contribution is 6.71. The maximum atomic E-state index is 5.85. The second kappa shape index (κ2) is 6.59. The van der Waals surface area contributed by atoms with Gasteiger partial charge in [-0.2, -0.15) is 0 Å². The average molecular weight is 217 g/mol. The molecule has 14 heavy (non-hydrogen) atoms. The van der Waals surface area contributed by atoms with Gasteiger partial charge >= 0.3 is 0 Å². The summed E-state index contributed by atoms with van der Waals surface area (Å²) in [7, 11) is -1.40. The number of rotatable bonds is 7. The molecule has 0 saturated heterocycles. The topological polar surface area (TPSA) is 12.5 Å². The molecule has 0 aliphatic heterocycles. The van der Waals surface area contributed by atoms with Crippen LogP contribution in [0.15, 0.2) is 0 Å². The van der Waals surface area contributed by atoms with Crippen LogP contribution in [0.25, 0.3) is 0 Å². The first-order valence-corrected chi connectivity index (χ1v) is 8.96. The van der Waals surface area contributed by atoms with Crippen LogP contribution in [0.1, 0.15) is 27.7 Å². The summed E-state index contributed by atoms with van der Waals surface area (Å²) in [6.45, 7) is 16.7. The molecular formula is C11H27NOSi. The molecule has 0 N–H and O–H groups in total. The summed E-state index contributed by atoms with van der Waals surface area (Å²) in [5.41, 5.74) is 0. The van der Waals surface area contributed by atoms with E-state index in [4.69, 9.17) is 4.43 Å². The van der Waals surface area contributed by atoms with Crippen LogP contribution < -0.4 is 0 Å². The zero-order valence-electron chi connectivity index (χ0n) is 10.8. The summed E-state index contributed by atoms with van der Waals surface area (Å²) < 4.78 is 5.85. The van der Waals surface area contributed by atoms with E-state index in [0.717, 1.165) is 19.7 Å². The van der Waals surface area contributed by atoms with Crippen LogP contribution >= 0.6 is 0 Å². The van der Waals surface area contributed by atoms with Gasteiger partial charge in [0.05, 0.1) is 0 Å². The predicted molar refractivity (Wildman–Crippen MR) is 66.3 cm³/mol. The molecule has 0 amide bonds. The van der Waals surface area contributed by atoms with Crippen molar-refractivity contribution in [3.8, 4) is 0 Å². The molecular weight excluding hydrogens is 190 g/mol. The van der Waals surface area contributed by atoms with Crippen molar-refractivity contribution in [2.75, 3.05) is 19.7 Å². The fourth-order valence-corrected chi connectivity index (χ4v) is 4.72. The molecule has 0 radical (unpaired) electrons. The van der Waals surface area contributed by atoms with Crippen molar-refractivity contribution in [3.05, 3.63) is 0 Å². The highest BCUT2D eigenvalue weighted by Crippen LogP contribution is 2.17. The summed E-state index contributed by atoms with van der Waals surface area (Å²) in [4.78, 5) is 2.51. The van der Waals surface area contributed by atoms with Crippen LogP contribution in [-0.2, 0) is 4.43 Å². The summed E-state index contributed by atoms with van der Waals surface area (Å²) in [6.07, 6.45) is 0. The van der Waals surface area contributed by atoms with Crippen molar-refractivity contribution in [2.45, 2.75) is 52.9 Å². The normalized spacial score (nSPS) is 14.8. The zero-order chi connectivity index (χ0) is 11.2. The molecule has 0 aliphatic carbocycles. The van der Waals surface area contributed by atoms with Gasteiger partial charge < -0.3 is 9.33 Å². The minimum atomic E-state index is -1.40. The van der Waals surface area contributed by atoms with Gasteiger partial charge in [-0.05, 0) is 46.1 Å². The quantitative estimate of drug-likeness (QED) is 0.608. The Labute approximate surface area is 90.8 Å². The minimum Gasteiger partial charge on any atom is -0.418 e. The molecule has 0 rings (SSSR count). The van der Waals surface area contributed by atoms with E-state index in [-0.39, 0.29) is 0 Å². The Kier molecular flexibility index (Phi) is 6.65.